The van der Waals surface area contributed by atoms with Crippen LogP contribution < -0.4 is 0 Å². The number of rotatable bonds is 3. The lowest BCUT2D eigenvalue weighted by molar-refractivity contribution is -0.132. The summed E-state index contributed by atoms with van der Waals surface area (Å²) in [5, 5.41) is 0. The van der Waals surface area contributed by atoms with E-state index in [0.29, 0.717) is 18.4 Å². The van der Waals surface area contributed by atoms with E-state index >= 15 is 0 Å². The molecule has 0 saturated carbocycles. The zero-order chi connectivity index (χ0) is 10.7. The molecule has 0 aliphatic carbocycles. The molecule has 0 fully saturated rings. The predicted molar refractivity (Wildman–Crippen MR) is 59.0 cm³/mol. The average Bonchev–Trinajstić information content (AvgIpc) is 2.17. The van der Waals surface area contributed by atoms with E-state index < -0.39 is 0 Å². The standard InChI is InChI=1S/C12H21NO/c1-5-10(4)11-6-7-12(14)13(8-11)9(2)3/h6,9-10H,5,7-8H2,1-4H3. The van der Waals surface area contributed by atoms with Crippen LogP contribution in [0.3, 0.4) is 0 Å². The van der Waals surface area contributed by atoms with E-state index in [1.165, 1.54) is 5.57 Å². The van der Waals surface area contributed by atoms with E-state index in [-0.39, 0.29) is 5.91 Å². The maximum Gasteiger partial charge on any atom is 0.226 e. The van der Waals surface area contributed by atoms with Crippen LogP contribution in [-0.4, -0.2) is 23.4 Å². The van der Waals surface area contributed by atoms with Gasteiger partial charge in [0.15, 0.2) is 0 Å². The summed E-state index contributed by atoms with van der Waals surface area (Å²) >= 11 is 0. The van der Waals surface area contributed by atoms with E-state index in [1.807, 2.05) is 4.90 Å². The fourth-order valence-corrected chi connectivity index (χ4v) is 1.77. The number of carbonyl (C=O) groups is 1. The quantitative estimate of drug-likeness (QED) is 0.634. The Bertz CT molecular complexity index is 243. The van der Waals surface area contributed by atoms with Crippen molar-refractivity contribution < 1.29 is 4.79 Å². The van der Waals surface area contributed by atoms with Crippen molar-refractivity contribution in [2.75, 3.05) is 6.54 Å². The van der Waals surface area contributed by atoms with Gasteiger partial charge in [0.25, 0.3) is 0 Å². The van der Waals surface area contributed by atoms with Crippen LogP contribution in [-0.2, 0) is 4.79 Å². The highest BCUT2D eigenvalue weighted by atomic mass is 16.2. The van der Waals surface area contributed by atoms with Gasteiger partial charge in [-0.2, -0.15) is 0 Å². The van der Waals surface area contributed by atoms with E-state index in [0.717, 1.165) is 13.0 Å². The highest BCUT2D eigenvalue weighted by molar-refractivity contribution is 5.79. The van der Waals surface area contributed by atoms with Crippen molar-refractivity contribution in [2.24, 2.45) is 5.92 Å². The van der Waals surface area contributed by atoms with Crippen molar-refractivity contribution in [3.8, 4) is 0 Å². The molecule has 0 aromatic rings. The topological polar surface area (TPSA) is 20.3 Å². The van der Waals surface area contributed by atoms with E-state index in [9.17, 15) is 4.79 Å². The van der Waals surface area contributed by atoms with Gasteiger partial charge in [-0.1, -0.05) is 25.5 Å². The Morgan fingerprint density at radius 2 is 2.07 bits per heavy atom. The monoisotopic (exact) mass is 195 g/mol. The molecule has 1 heterocycles. The SMILES string of the molecule is CCC(C)C1=CCC(=O)N(C(C)C)C1. The van der Waals surface area contributed by atoms with Crippen LogP contribution in [0.4, 0.5) is 0 Å². The van der Waals surface area contributed by atoms with Crippen molar-refractivity contribution in [2.45, 2.75) is 46.6 Å². The Balaban J connectivity index is 2.71. The molecule has 0 aromatic carbocycles. The molecule has 80 valence electrons. The predicted octanol–water partition coefficient (Wildman–Crippen LogP) is 2.60. The molecule has 1 atom stereocenters. The largest absolute Gasteiger partial charge is 0.336 e. The Morgan fingerprint density at radius 1 is 1.43 bits per heavy atom. The van der Waals surface area contributed by atoms with Gasteiger partial charge in [0.2, 0.25) is 5.91 Å². The molecule has 2 nitrogen and oxygen atoms in total. The minimum atomic E-state index is 0.270. The zero-order valence-corrected chi connectivity index (χ0v) is 9.71. The molecule has 1 aliphatic heterocycles. The summed E-state index contributed by atoms with van der Waals surface area (Å²) < 4.78 is 0. The normalized spacial score (nSPS) is 19.9. The summed E-state index contributed by atoms with van der Waals surface area (Å²) in [4.78, 5) is 13.5. The van der Waals surface area contributed by atoms with Gasteiger partial charge in [0.05, 0.1) is 0 Å². The molecule has 1 rings (SSSR count). The lowest BCUT2D eigenvalue weighted by atomic mass is 9.94. The number of hydrogen-bond donors (Lipinski definition) is 0. The summed E-state index contributed by atoms with van der Waals surface area (Å²) in [5.74, 6) is 0.886. The molecular formula is C12H21NO. The first kappa shape index (κ1) is 11.3. The molecule has 0 saturated heterocycles. The van der Waals surface area contributed by atoms with E-state index in [1.54, 1.807) is 0 Å². The lowest BCUT2D eigenvalue weighted by Crippen LogP contribution is -2.41. The Labute approximate surface area is 87.0 Å². The third-order valence-electron chi connectivity index (χ3n) is 3.08. The fraction of sp³-hybridized carbons (Fsp3) is 0.750. The second-order valence-corrected chi connectivity index (χ2v) is 4.41. The third kappa shape index (κ3) is 2.37. The van der Waals surface area contributed by atoms with Gasteiger partial charge in [0, 0.05) is 19.0 Å². The summed E-state index contributed by atoms with van der Waals surface area (Å²) in [6, 6.07) is 0.329. The molecule has 14 heavy (non-hydrogen) atoms. The number of amides is 1. The minimum absolute atomic E-state index is 0.270. The third-order valence-corrected chi connectivity index (χ3v) is 3.08. The van der Waals surface area contributed by atoms with Gasteiger partial charge in [-0.25, -0.2) is 0 Å². The molecular weight excluding hydrogens is 174 g/mol. The molecule has 1 amide bonds. The smallest absolute Gasteiger partial charge is 0.226 e. The van der Waals surface area contributed by atoms with Crippen LogP contribution >= 0.6 is 0 Å². The van der Waals surface area contributed by atoms with Crippen LogP contribution in [0.15, 0.2) is 11.6 Å². The summed E-state index contributed by atoms with van der Waals surface area (Å²) in [6.45, 7) is 9.43. The Morgan fingerprint density at radius 3 is 2.57 bits per heavy atom. The second kappa shape index (κ2) is 4.63. The molecule has 1 aliphatic rings. The summed E-state index contributed by atoms with van der Waals surface area (Å²) in [7, 11) is 0. The first-order chi connectivity index (χ1) is 6.56. The van der Waals surface area contributed by atoms with Crippen molar-refractivity contribution in [3.63, 3.8) is 0 Å². The van der Waals surface area contributed by atoms with Gasteiger partial charge >= 0.3 is 0 Å². The maximum atomic E-state index is 11.6. The van der Waals surface area contributed by atoms with Crippen molar-refractivity contribution in [1.29, 1.82) is 0 Å². The highest BCUT2D eigenvalue weighted by Crippen LogP contribution is 2.22. The van der Waals surface area contributed by atoms with Crippen molar-refractivity contribution in [1.82, 2.24) is 4.90 Å². The van der Waals surface area contributed by atoms with E-state index in [4.69, 9.17) is 0 Å². The van der Waals surface area contributed by atoms with Crippen LogP contribution in [0, 0.1) is 5.92 Å². The fourth-order valence-electron chi connectivity index (χ4n) is 1.77. The number of nitrogens with zero attached hydrogens (tertiary/aromatic N) is 1. The lowest BCUT2D eigenvalue weighted by Gasteiger charge is -2.32. The summed E-state index contributed by atoms with van der Waals surface area (Å²) in [6.07, 6.45) is 3.87. The van der Waals surface area contributed by atoms with Gasteiger partial charge in [-0.3, -0.25) is 4.79 Å². The van der Waals surface area contributed by atoms with Crippen LogP contribution in [0.25, 0.3) is 0 Å². The molecule has 0 bridgehead atoms. The first-order valence-electron chi connectivity index (χ1n) is 5.54. The molecule has 0 aromatic heterocycles. The number of hydrogen-bond acceptors (Lipinski definition) is 1. The van der Waals surface area contributed by atoms with E-state index in [2.05, 4.69) is 33.8 Å². The molecule has 0 radical (unpaired) electrons. The minimum Gasteiger partial charge on any atom is -0.336 e. The maximum absolute atomic E-state index is 11.6. The first-order valence-corrected chi connectivity index (χ1v) is 5.54. The zero-order valence-electron chi connectivity index (χ0n) is 9.71. The van der Waals surface area contributed by atoms with Crippen LogP contribution in [0.5, 0.6) is 0 Å². The molecule has 1 unspecified atom stereocenters. The number of carbonyl (C=O) groups excluding carboxylic acids is 1. The van der Waals surface area contributed by atoms with Crippen LogP contribution in [0.1, 0.15) is 40.5 Å². The molecule has 0 N–H and O–H groups in total. The van der Waals surface area contributed by atoms with Crippen molar-refractivity contribution >= 4 is 5.91 Å². The highest BCUT2D eigenvalue weighted by Gasteiger charge is 2.23. The van der Waals surface area contributed by atoms with Gasteiger partial charge in [-0.15, -0.1) is 0 Å². The Hall–Kier alpha value is -0.790. The van der Waals surface area contributed by atoms with Gasteiger partial charge in [-0.05, 0) is 26.2 Å². The van der Waals surface area contributed by atoms with Crippen LogP contribution in [0.2, 0.25) is 0 Å². The Kier molecular flexibility index (Phi) is 3.73. The molecule has 2 heteroatoms. The average molecular weight is 195 g/mol. The van der Waals surface area contributed by atoms with Gasteiger partial charge in [0.1, 0.15) is 0 Å². The van der Waals surface area contributed by atoms with Gasteiger partial charge < -0.3 is 4.90 Å². The summed E-state index contributed by atoms with van der Waals surface area (Å²) in [5.41, 5.74) is 1.43. The molecule has 0 spiro atoms. The van der Waals surface area contributed by atoms with Crippen molar-refractivity contribution in [3.05, 3.63) is 11.6 Å². The second-order valence-electron chi connectivity index (χ2n) is 4.41.